The van der Waals surface area contributed by atoms with Crippen molar-refractivity contribution >= 4 is 33.2 Å². The standard InChI is InChI=1S/C23H28FN3O5S/c1-33(30,31)27(21-12-5-3-10-19(21)24)14-6-13-22(28)26-20-11-4-2-9-18(20)23(29)25-16-17-8-7-15-32-17/h2-5,9-12,17H,6-8,13-16H2,1H3,(H,25,29)(H,26,28). The van der Waals surface area contributed by atoms with E-state index in [1.165, 1.54) is 18.2 Å². The number of nitrogens with one attached hydrogen (secondary N) is 2. The number of carbonyl (C=O) groups is 2. The third-order valence-corrected chi connectivity index (χ3v) is 6.43. The van der Waals surface area contributed by atoms with E-state index in [0.29, 0.717) is 24.4 Å². The minimum atomic E-state index is -3.73. The third kappa shape index (κ3) is 7.00. The molecule has 0 bridgehead atoms. The molecule has 10 heteroatoms. The van der Waals surface area contributed by atoms with Crippen molar-refractivity contribution < 1.29 is 27.1 Å². The Morgan fingerprint density at radius 2 is 1.88 bits per heavy atom. The van der Waals surface area contributed by atoms with E-state index in [9.17, 15) is 22.4 Å². The Morgan fingerprint density at radius 1 is 1.15 bits per heavy atom. The zero-order valence-corrected chi connectivity index (χ0v) is 19.2. The highest BCUT2D eigenvalue weighted by molar-refractivity contribution is 7.92. The van der Waals surface area contributed by atoms with E-state index in [4.69, 9.17) is 4.74 Å². The van der Waals surface area contributed by atoms with Crippen LogP contribution in [0.2, 0.25) is 0 Å². The smallest absolute Gasteiger partial charge is 0.253 e. The van der Waals surface area contributed by atoms with Gasteiger partial charge in [-0.2, -0.15) is 0 Å². The fourth-order valence-corrected chi connectivity index (χ4v) is 4.58. The number of para-hydroxylation sites is 2. The van der Waals surface area contributed by atoms with Crippen molar-refractivity contribution in [2.45, 2.75) is 31.8 Å². The van der Waals surface area contributed by atoms with Crippen molar-refractivity contribution in [3.63, 3.8) is 0 Å². The molecular formula is C23H28FN3O5S. The summed E-state index contributed by atoms with van der Waals surface area (Å²) < 4.78 is 44.8. The normalized spacial score (nSPS) is 15.8. The maximum Gasteiger partial charge on any atom is 0.253 e. The van der Waals surface area contributed by atoms with E-state index >= 15 is 0 Å². The van der Waals surface area contributed by atoms with Gasteiger partial charge in [-0.05, 0) is 43.5 Å². The van der Waals surface area contributed by atoms with E-state index in [2.05, 4.69) is 10.6 Å². The molecule has 178 valence electrons. The monoisotopic (exact) mass is 477 g/mol. The van der Waals surface area contributed by atoms with Crippen LogP contribution >= 0.6 is 0 Å². The van der Waals surface area contributed by atoms with Crippen molar-refractivity contribution in [1.82, 2.24) is 5.32 Å². The lowest BCUT2D eigenvalue weighted by atomic mass is 10.1. The first kappa shape index (κ1) is 24.7. The van der Waals surface area contributed by atoms with Crippen LogP contribution in [0, 0.1) is 5.82 Å². The second-order valence-electron chi connectivity index (χ2n) is 7.83. The summed E-state index contributed by atoms with van der Waals surface area (Å²) in [5.74, 6) is -1.35. The Balaban J connectivity index is 1.57. The second-order valence-corrected chi connectivity index (χ2v) is 9.74. The third-order valence-electron chi connectivity index (χ3n) is 5.25. The van der Waals surface area contributed by atoms with Crippen molar-refractivity contribution in [2.24, 2.45) is 0 Å². The summed E-state index contributed by atoms with van der Waals surface area (Å²) in [6.07, 6.45) is 3.03. The number of anilines is 2. The summed E-state index contributed by atoms with van der Waals surface area (Å²) in [7, 11) is -3.73. The summed E-state index contributed by atoms with van der Waals surface area (Å²) >= 11 is 0. The maximum absolute atomic E-state index is 14.1. The quantitative estimate of drug-likeness (QED) is 0.548. The largest absolute Gasteiger partial charge is 0.376 e. The van der Waals surface area contributed by atoms with Gasteiger partial charge in [0.15, 0.2) is 0 Å². The van der Waals surface area contributed by atoms with Crippen molar-refractivity contribution in [3.05, 3.63) is 59.9 Å². The van der Waals surface area contributed by atoms with Gasteiger partial charge >= 0.3 is 0 Å². The van der Waals surface area contributed by atoms with Gasteiger partial charge in [0.1, 0.15) is 5.82 Å². The first-order valence-electron chi connectivity index (χ1n) is 10.8. The number of ether oxygens (including phenoxy) is 1. The number of hydrogen-bond acceptors (Lipinski definition) is 5. The average Bonchev–Trinajstić information content (AvgIpc) is 3.29. The van der Waals surface area contributed by atoms with Gasteiger partial charge in [0.2, 0.25) is 15.9 Å². The molecule has 0 saturated carbocycles. The molecule has 1 fully saturated rings. The van der Waals surface area contributed by atoms with Crippen LogP contribution in [0.1, 0.15) is 36.0 Å². The van der Waals surface area contributed by atoms with E-state index in [1.54, 1.807) is 30.3 Å². The van der Waals surface area contributed by atoms with Gasteiger partial charge in [-0.3, -0.25) is 13.9 Å². The van der Waals surface area contributed by atoms with Gasteiger partial charge < -0.3 is 15.4 Å². The highest BCUT2D eigenvalue weighted by Crippen LogP contribution is 2.22. The van der Waals surface area contributed by atoms with Crippen LogP contribution < -0.4 is 14.9 Å². The Morgan fingerprint density at radius 3 is 2.58 bits per heavy atom. The van der Waals surface area contributed by atoms with Crippen LogP contribution in [0.4, 0.5) is 15.8 Å². The number of carbonyl (C=O) groups excluding carboxylic acids is 2. The molecule has 0 radical (unpaired) electrons. The molecule has 2 aromatic rings. The molecule has 1 saturated heterocycles. The van der Waals surface area contributed by atoms with E-state index in [-0.39, 0.29) is 43.0 Å². The van der Waals surface area contributed by atoms with E-state index in [1.807, 2.05) is 0 Å². The minimum absolute atomic E-state index is 0.00273. The van der Waals surface area contributed by atoms with Crippen LogP contribution in [-0.2, 0) is 19.6 Å². The molecular weight excluding hydrogens is 449 g/mol. The SMILES string of the molecule is CS(=O)(=O)N(CCCC(=O)Nc1ccccc1C(=O)NCC1CCCO1)c1ccccc1F. The molecule has 1 unspecified atom stereocenters. The molecule has 8 nitrogen and oxygen atoms in total. The highest BCUT2D eigenvalue weighted by Gasteiger charge is 2.21. The lowest BCUT2D eigenvalue weighted by molar-refractivity contribution is -0.116. The number of amides is 2. The van der Waals surface area contributed by atoms with Gasteiger partial charge in [0.25, 0.3) is 5.91 Å². The number of benzene rings is 2. The first-order chi connectivity index (χ1) is 15.8. The lowest BCUT2D eigenvalue weighted by Crippen LogP contribution is -2.33. The zero-order valence-electron chi connectivity index (χ0n) is 18.4. The zero-order chi connectivity index (χ0) is 23.8. The van der Waals surface area contributed by atoms with Gasteiger partial charge in [-0.1, -0.05) is 24.3 Å². The molecule has 2 N–H and O–H groups in total. The Labute approximate surface area is 193 Å². The molecule has 1 atom stereocenters. The fraction of sp³-hybridized carbons (Fsp3) is 0.391. The average molecular weight is 478 g/mol. The molecule has 0 aromatic heterocycles. The van der Waals surface area contributed by atoms with Gasteiger partial charge in [0, 0.05) is 26.1 Å². The number of halogens is 1. The maximum atomic E-state index is 14.1. The lowest BCUT2D eigenvalue weighted by Gasteiger charge is -2.22. The van der Waals surface area contributed by atoms with Crippen molar-refractivity contribution in [2.75, 3.05) is 35.6 Å². The number of nitrogens with zero attached hydrogens (tertiary/aromatic N) is 1. The molecule has 33 heavy (non-hydrogen) atoms. The van der Waals surface area contributed by atoms with Crippen molar-refractivity contribution in [1.29, 1.82) is 0 Å². The molecule has 1 aliphatic heterocycles. The van der Waals surface area contributed by atoms with Crippen LogP contribution in [0.3, 0.4) is 0 Å². The molecule has 0 spiro atoms. The number of rotatable bonds is 10. The predicted octanol–water partition coefficient (Wildman–Crippen LogP) is 2.92. The fourth-order valence-electron chi connectivity index (χ4n) is 3.61. The Hall–Kier alpha value is -2.98. The summed E-state index contributed by atoms with van der Waals surface area (Å²) in [6, 6.07) is 12.2. The summed E-state index contributed by atoms with van der Waals surface area (Å²) in [6.45, 7) is 1.04. The molecule has 2 amide bonds. The molecule has 1 heterocycles. The van der Waals surface area contributed by atoms with Crippen LogP contribution in [0.25, 0.3) is 0 Å². The predicted molar refractivity (Wildman–Crippen MR) is 124 cm³/mol. The molecule has 2 aromatic carbocycles. The highest BCUT2D eigenvalue weighted by atomic mass is 32.2. The minimum Gasteiger partial charge on any atom is -0.376 e. The first-order valence-corrected chi connectivity index (χ1v) is 12.6. The summed E-state index contributed by atoms with van der Waals surface area (Å²) in [4.78, 5) is 25.1. The summed E-state index contributed by atoms with van der Waals surface area (Å²) in [5, 5.41) is 5.54. The van der Waals surface area contributed by atoms with Gasteiger partial charge in [-0.15, -0.1) is 0 Å². The Kier molecular flexibility index (Phi) is 8.40. The van der Waals surface area contributed by atoms with Crippen LogP contribution in [-0.4, -0.2) is 52.3 Å². The second kappa shape index (κ2) is 11.2. The molecule has 3 rings (SSSR count). The van der Waals surface area contributed by atoms with Crippen molar-refractivity contribution in [3.8, 4) is 0 Å². The molecule has 0 aliphatic carbocycles. The number of sulfonamides is 1. The van der Waals surface area contributed by atoms with Crippen LogP contribution in [0.5, 0.6) is 0 Å². The van der Waals surface area contributed by atoms with E-state index in [0.717, 1.165) is 23.4 Å². The van der Waals surface area contributed by atoms with Gasteiger partial charge in [0.05, 0.1) is 29.3 Å². The van der Waals surface area contributed by atoms with Gasteiger partial charge in [-0.25, -0.2) is 12.8 Å². The van der Waals surface area contributed by atoms with Crippen LogP contribution in [0.15, 0.2) is 48.5 Å². The molecule has 1 aliphatic rings. The number of hydrogen-bond donors (Lipinski definition) is 2. The van der Waals surface area contributed by atoms with E-state index < -0.39 is 15.8 Å². The summed E-state index contributed by atoms with van der Waals surface area (Å²) in [5.41, 5.74) is 0.628. The topological polar surface area (TPSA) is 105 Å². The Bertz CT molecular complexity index is 1090.